The van der Waals surface area contributed by atoms with Crippen LogP contribution in [0.15, 0.2) is 22.9 Å². The minimum absolute atomic E-state index is 0.139. The van der Waals surface area contributed by atoms with E-state index in [2.05, 4.69) is 36.8 Å². The van der Waals surface area contributed by atoms with Crippen molar-refractivity contribution < 1.29 is 4.79 Å². The number of amides is 1. The fourth-order valence-corrected chi connectivity index (χ4v) is 2.47. The number of halogens is 2. The van der Waals surface area contributed by atoms with Gasteiger partial charge in [0.05, 0.1) is 11.9 Å². The topological polar surface area (TPSA) is 33.2 Å². The molecule has 0 N–H and O–H groups in total. The lowest BCUT2D eigenvalue weighted by Crippen LogP contribution is -2.24. The normalized spacial score (nSPS) is 21.7. The van der Waals surface area contributed by atoms with Gasteiger partial charge in [-0.15, -0.1) is 0 Å². The summed E-state index contributed by atoms with van der Waals surface area (Å²) in [6.07, 6.45) is 3.95. The zero-order valence-electron chi connectivity index (χ0n) is 7.28. The lowest BCUT2D eigenvalue weighted by Gasteiger charge is -2.16. The van der Waals surface area contributed by atoms with E-state index in [0.717, 1.165) is 10.2 Å². The molecule has 0 radical (unpaired) electrons. The van der Waals surface area contributed by atoms with Crippen LogP contribution in [0.4, 0.5) is 5.69 Å². The Morgan fingerprint density at radius 2 is 2.36 bits per heavy atom. The van der Waals surface area contributed by atoms with Crippen molar-refractivity contribution in [3.63, 3.8) is 0 Å². The SMILES string of the molecule is O=C1CC(Br)CN1c1cnccc1Br. The lowest BCUT2D eigenvalue weighted by molar-refractivity contribution is -0.117. The molecule has 2 rings (SSSR count). The highest BCUT2D eigenvalue weighted by atomic mass is 79.9. The molecule has 1 aliphatic rings. The summed E-state index contributed by atoms with van der Waals surface area (Å²) in [5.74, 6) is 0.139. The summed E-state index contributed by atoms with van der Waals surface area (Å²) < 4.78 is 0.905. The average molecular weight is 320 g/mol. The number of hydrogen-bond acceptors (Lipinski definition) is 2. The number of aromatic nitrogens is 1. The molecule has 2 heterocycles. The van der Waals surface area contributed by atoms with E-state index in [4.69, 9.17) is 0 Å². The van der Waals surface area contributed by atoms with Gasteiger partial charge in [-0.2, -0.15) is 0 Å². The van der Waals surface area contributed by atoms with E-state index in [1.807, 2.05) is 6.07 Å². The summed E-state index contributed by atoms with van der Waals surface area (Å²) in [7, 11) is 0. The van der Waals surface area contributed by atoms with E-state index in [-0.39, 0.29) is 10.7 Å². The Morgan fingerprint density at radius 1 is 1.57 bits per heavy atom. The number of hydrogen-bond donors (Lipinski definition) is 0. The van der Waals surface area contributed by atoms with Crippen molar-refractivity contribution in [2.45, 2.75) is 11.2 Å². The van der Waals surface area contributed by atoms with Gasteiger partial charge in [0.2, 0.25) is 5.91 Å². The third-order valence-electron chi connectivity index (χ3n) is 2.12. The number of nitrogens with zero attached hydrogens (tertiary/aromatic N) is 2. The molecule has 14 heavy (non-hydrogen) atoms. The van der Waals surface area contributed by atoms with Gasteiger partial charge in [-0.1, -0.05) is 15.9 Å². The molecule has 0 bridgehead atoms. The maximum Gasteiger partial charge on any atom is 0.228 e. The van der Waals surface area contributed by atoms with E-state index < -0.39 is 0 Å². The number of pyridine rings is 1. The van der Waals surface area contributed by atoms with Gasteiger partial charge >= 0.3 is 0 Å². The molecule has 0 aliphatic carbocycles. The first-order chi connectivity index (χ1) is 6.68. The molecule has 1 unspecified atom stereocenters. The van der Waals surface area contributed by atoms with Gasteiger partial charge < -0.3 is 4.90 Å². The lowest BCUT2D eigenvalue weighted by atomic mass is 10.4. The first kappa shape index (κ1) is 10.1. The molecule has 3 nitrogen and oxygen atoms in total. The van der Waals surface area contributed by atoms with E-state index in [1.165, 1.54) is 0 Å². The summed E-state index contributed by atoms with van der Waals surface area (Å²) in [5, 5.41) is 0. The summed E-state index contributed by atoms with van der Waals surface area (Å²) in [5.41, 5.74) is 0.847. The van der Waals surface area contributed by atoms with Crippen LogP contribution in [-0.2, 0) is 4.79 Å². The van der Waals surface area contributed by atoms with Gasteiger partial charge in [-0.05, 0) is 22.0 Å². The van der Waals surface area contributed by atoms with Crippen LogP contribution in [0.2, 0.25) is 0 Å². The Labute approximate surface area is 98.8 Å². The summed E-state index contributed by atoms with van der Waals surface area (Å²) in [6, 6.07) is 1.84. The quantitative estimate of drug-likeness (QED) is 0.744. The molecule has 1 amide bonds. The Kier molecular flexibility index (Phi) is 2.88. The van der Waals surface area contributed by atoms with Crippen molar-refractivity contribution in [2.75, 3.05) is 11.4 Å². The molecule has 1 aliphatic heterocycles. The van der Waals surface area contributed by atoms with Crippen LogP contribution in [0.25, 0.3) is 0 Å². The number of rotatable bonds is 1. The molecule has 74 valence electrons. The van der Waals surface area contributed by atoms with Gasteiger partial charge in [0.1, 0.15) is 0 Å². The van der Waals surface area contributed by atoms with Crippen LogP contribution >= 0.6 is 31.9 Å². The zero-order chi connectivity index (χ0) is 10.1. The standard InChI is InChI=1S/C9H8Br2N2O/c10-6-3-9(14)13(5-6)8-4-12-2-1-7(8)11/h1-2,4,6H,3,5H2. The van der Waals surface area contributed by atoms with Crippen molar-refractivity contribution in [3.8, 4) is 0 Å². The average Bonchev–Trinajstić information content (AvgIpc) is 2.46. The second kappa shape index (κ2) is 3.98. The van der Waals surface area contributed by atoms with Crippen molar-refractivity contribution in [1.82, 2.24) is 4.98 Å². The molecule has 0 aromatic carbocycles. The Hall–Kier alpha value is -0.420. The molecule has 1 aromatic rings. The molecule has 1 atom stereocenters. The van der Waals surface area contributed by atoms with Crippen LogP contribution in [-0.4, -0.2) is 22.3 Å². The largest absolute Gasteiger partial charge is 0.309 e. The fraction of sp³-hybridized carbons (Fsp3) is 0.333. The second-order valence-corrected chi connectivity index (χ2v) is 5.28. The maximum absolute atomic E-state index is 11.6. The van der Waals surface area contributed by atoms with Crippen LogP contribution in [0, 0.1) is 0 Å². The number of anilines is 1. The Morgan fingerprint density at radius 3 is 2.93 bits per heavy atom. The van der Waals surface area contributed by atoms with E-state index in [0.29, 0.717) is 13.0 Å². The third kappa shape index (κ3) is 1.83. The molecular weight excluding hydrogens is 312 g/mol. The highest BCUT2D eigenvalue weighted by Gasteiger charge is 2.29. The molecule has 1 saturated heterocycles. The highest BCUT2D eigenvalue weighted by Crippen LogP contribution is 2.30. The zero-order valence-corrected chi connectivity index (χ0v) is 10.5. The molecule has 5 heteroatoms. The van der Waals surface area contributed by atoms with E-state index in [9.17, 15) is 4.79 Å². The summed E-state index contributed by atoms with van der Waals surface area (Å²) in [4.78, 5) is 17.6. The highest BCUT2D eigenvalue weighted by molar-refractivity contribution is 9.10. The second-order valence-electron chi connectivity index (χ2n) is 3.13. The van der Waals surface area contributed by atoms with Gasteiger partial charge in [0.25, 0.3) is 0 Å². The first-order valence-corrected chi connectivity index (χ1v) is 5.93. The van der Waals surface area contributed by atoms with Crippen molar-refractivity contribution in [1.29, 1.82) is 0 Å². The fourth-order valence-electron chi connectivity index (χ4n) is 1.46. The Balaban J connectivity index is 2.32. The van der Waals surface area contributed by atoms with Gasteiger partial charge in [0.15, 0.2) is 0 Å². The summed E-state index contributed by atoms with van der Waals surface area (Å²) in [6.45, 7) is 0.711. The van der Waals surface area contributed by atoms with Gasteiger partial charge in [-0.25, -0.2) is 0 Å². The predicted octanol–water partition coefficient (Wildman–Crippen LogP) is 2.34. The van der Waals surface area contributed by atoms with Crippen LogP contribution < -0.4 is 4.90 Å². The van der Waals surface area contributed by atoms with E-state index in [1.54, 1.807) is 17.3 Å². The number of carbonyl (C=O) groups excluding carboxylic acids is 1. The minimum Gasteiger partial charge on any atom is -0.309 e. The number of carbonyl (C=O) groups is 1. The van der Waals surface area contributed by atoms with Gasteiger partial charge in [-0.3, -0.25) is 9.78 Å². The van der Waals surface area contributed by atoms with E-state index >= 15 is 0 Å². The van der Waals surface area contributed by atoms with Crippen LogP contribution in [0.3, 0.4) is 0 Å². The predicted molar refractivity (Wildman–Crippen MR) is 61.6 cm³/mol. The third-order valence-corrected chi connectivity index (χ3v) is 3.40. The first-order valence-electron chi connectivity index (χ1n) is 4.22. The van der Waals surface area contributed by atoms with Crippen molar-refractivity contribution >= 4 is 43.5 Å². The Bertz CT molecular complexity index is 370. The number of alkyl halides is 1. The van der Waals surface area contributed by atoms with Gasteiger partial charge in [0, 0.05) is 28.5 Å². The van der Waals surface area contributed by atoms with Crippen molar-refractivity contribution in [2.24, 2.45) is 0 Å². The molecule has 0 saturated carbocycles. The van der Waals surface area contributed by atoms with Crippen molar-refractivity contribution in [3.05, 3.63) is 22.9 Å². The molecule has 0 spiro atoms. The molecular formula is C9H8Br2N2O. The maximum atomic E-state index is 11.6. The minimum atomic E-state index is 0.139. The molecule has 1 aromatic heterocycles. The molecule has 1 fully saturated rings. The smallest absolute Gasteiger partial charge is 0.228 e. The summed E-state index contributed by atoms with van der Waals surface area (Å²) >= 11 is 6.85. The monoisotopic (exact) mass is 318 g/mol. The van der Waals surface area contributed by atoms with Crippen LogP contribution in [0.5, 0.6) is 0 Å². The van der Waals surface area contributed by atoms with Crippen LogP contribution in [0.1, 0.15) is 6.42 Å².